The van der Waals surface area contributed by atoms with Gasteiger partial charge in [0.15, 0.2) is 0 Å². The van der Waals surface area contributed by atoms with Gasteiger partial charge >= 0.3 is 0 Å². The van der Waals surface area contributed by atoms with E-state index in [4.69, 9.17) is 0 Å². The van der Waals surface area contributed by atoms with Crippen molar-refractivity contribution < 1.29 is 4.79 Å². The highest BCUT2D eigenvalue weighted by atomic mass is 79.9. The molecule has 0 aliphatic rings. The number of carbonyl (C=O) groups excluding carboxylic acids is 1. The normalized spacial score (nSPS) is 9.05. The zero-order valence-electron chi connectivity index (χ0n) is 11.1. The molecule has 1 heterocycles. The summed E-state index contributed by atoms with van der Waals surface area (Å²) in [5, 5.41) is 5.81. The van der Waals surface area contributed by atoms with Crippen molar-refractivity contribution in [3.63, 3.8) is 0 Å². The molecule has 1 aromatic heterocycles. The number of nitrogens with zero attached hydrogens (tertiary/aromatic N) is 2. The minimum Gasteiger partial charge on any atom is -0.362 e. The van der Waals surface area contributed by atoms with Crippen LogP contribution in [0.1, 0.15) is 10.4 Å². The van der Waals surface area contributed by atoms with E-state index in [1.807, 2.05) is 26.0 Å². The predicted octanol–water partition coefficient (Wildman–Crippen LogP) is 1.70. The Morgan fingerprint density at radius 2 is 2.00 bits per heavy atom. The molecule has 0 aromatic carbocycles. The summed E-state index contributed by atoms with van der Waals surface area (Å²) in [4.78, 5) is 18.0. The van der Waals surface area contributed by atoms with Gasteiger partial charge in [-0.2, -0.15) is 0 Å². The van der Waals surface area contributed by atoms with Gasteiger partial charge in [0.05, 0.1) is 5.56 Å². The van der Waals surface area contributed by atoms with Gasteiger partial charge in [0.2, 0.25) is 0 Å². The summed E-state index contributed by atoms with van der Waals surface area (Å²) < 4.78 is 0.793. The van der Waals surface area contributed by atoms with Gasteiger partial charge in [-0.15, -0.1) is 24.8 Å². The Labute approximate surface area is 134 Å². The van der Waals surface area contributed by atoms with E-state index in [2.05, 4.69) is 31.5 Å². The number of amides is 1. The molecule has 0 saturated heterocycles. The average Bonchev–Trinajstić information content (AvgIpc) is 2.28. The van der Waals surface area contributed by atoms with Crippen LogP contribution in [0.5, 0.6) is 0 Å². The van der Waals surface area contributed by atoms with E-state index < -0.39 is 0 Å². The molecule has 0 unspecified atom stereocenters. The molecule has 0 radical (unpaired) electrons. The molecule has 0 aliphatic heterocycles. The van der Waals surface area contributed by atoms with Crippen molar-refractivity contribution in [1.82, 2.24) is 15.6 Å². The molecule has 5 nitrogen and oxygen atoms in total. The smallest absolute Gasteiger partial charge is 0.255 e. The predicted molar refractivity (Wildman–Crippen MR) is 87.0 cm³/mol. The minimum absolute atomic E-state index is 0. The van der Waals surface area contributed by atoms with Crippen LogP contribution in [0, 0.1) is 0 Å². The van der Waals surface area contributed by atoms with Crippen molar-refractivity contribution in [2.75, 3.05) is 39.1 Å². The van der Waals surface area contributed by atoms with Crippen molar-refractivity contribution in [3.8, 4) is 0 Å². The molecule has 0 saturated carbocycles. The van der Waals surface area contributed by atoms with Gasteiger partial charge in [0.1, 0.15) is 5.82 Å². The lowest BCUT2D eigenvalue weighted by molar-refractivity contribution is 0.0954. The third-order valence-electron chi connectivity index (χ3n) is 2.16. The number of likely N-dealkylation sites (N-methyl/N-ethyl adjacent to an activating group) is 1. The van der Waals surface area contributed by atoms with Gasteiger partial charge in [-0.1, -0.05) is 0 Å². The number of pyridine rings is 1. The van der Waals surface area contributed by atoms with Crippen LogP contribution < -0.4 is 15.5 Å². The van der Waals surface area contributed by atoms with Crippen LogP contribution in [-0.2, 0) is 0 Å². The number of hydrogen-bond donors (Lipinski definition) is 2. The van der Waals surface area contributed by atoms with Crippen LogP contribution >= 0.6 is 40.7 Å². The maximum Gasteiger partial charge on any atom is 0.255 e. The third kappa shape index (κ3) is 6.42. The number of rotatable bonds is 5. The molecule has 0 aliphatic carbocycles. The number of halogens is 3. The first-order valence-electron chi connectivity index (χ1n) is 5.32. The summed E-state index contributed by atoms with van der Waals surface area (Å²) in [6.07, 6.45) is 1.68. The summed E-state index contributed by atoms with van der Waals surface area (Å²) in [7, 11) is 5.57. The van der Waals surface area contributed by atoms with Gasteiger partial charge in [0, 0.05) is 37.9 Å². The molecule has 0 atom stereocenters. The monoisotopic (exact) mass is 372 g/mol. The maximum absolute atomic E-state index is 12.0. The van der Waals surface area contributed by atoms with Gasteiger partial charge in [-0.25, -0.2) is 4.98 Å². The summed E-state index contributed by atoms with van der Waals surface area (Å²) >= 11 is 3.32. The fourth-order valence-electron chi connectivity index (χ4n) is 1.35. The molecule has 0 bridgehead atoms. The van der Waals surface area contributed by atoms with E-state index in [1.165, 1.54) is 0 Å². The van der Waals surface area contributed by atoms with Crippen LogP contribution in [0.4, 0.5) is 5.82 Å². The fourth-order valence-corrected chi connectivity index (χ4v) is 1.68. The molecule has 8 heteroatoms. The van der Waals surface area contributed by atoms with Crippen LogP contribution in [0.3, 0.4) is 0 Å². The van der Waals surface area contributed by atoms with Gasteiger partial charge in [-0.05, 0) is 29.0 Å². The Bertz CT molecular complexity index is 404. The van der Waals surface area contributed by atoms with E-state index >= 15 is 0 Å². The molecule has 1 aromatic rings. The van der Waals surface area contributed by atoms with Gasteiger partial charge in [0.25, 0.3) is 5.91 Å². The van der Waals surface area contributed by atoms with Gasteiger partial charge in [-0.3, -0.25) is 4.79 Å². The Balaban J connectivity index is 0. The zero-order chi connectivity index (χ0) is 12.8. The lowest BCUT2D eigenvalue weighted by Crippen LogP contribution is -2.31. The number of carbonyl (C=O) groups is 1. The van der Waals surface area contributed by atoms with Crippen molar-refractivity contribution in [1.29, 1.82) is 0 Å². The summed E-state index contributed by atoms with van der Waals surface area (Å²) in [6, 6.07) is 1.77. The number of anilines is 1. The Morgan fingerprint density at radius 1 is 1.37 bits per heavy atom. The highest BCUT2D eigenvalue weighted by Gasteiger charge is 2.14. The summed E-state index contributed by atoms with van der Waals surface area (Å²) in [5.74, 6) is 0.549. The van der Waals surface area contributed by atoms with Crippen LogP contribution in [0.15, 0.2) is 16.7 Å². The average molecular weight is 374 g/mol. The topological polar surface area (TPSA) is 57.3 Å². The third-order valence-corrected chi connectivity index (χ3v) is 2.60. The lowest BCUT2D eigenvalue weighted by Gasteiger charge is -2.16. The Hall–Kier alpha value is -0.560. The molecular weight excluding hydrogens is 355 g/mol. The maximum atomic E-state index is 12.0. The van der Waals surface area contributed by atoms with Crippen LogP contribution in [0.2, 0.25) is 0 Å². The molecule has 2 N–H and O–H groups in total. The van der Waals surface area contributed by atoms with Crippen molar-refractivity contribution in [3.05, 3.63) is 22.3 Å². The quantitative estimate of drug-likeness (QED) is 0.771. The number of aromatic nitrogens is 1. The molecule has 1 rings (SSSR count). The van der Waals surface area contributed by atoms with E-state index in [0.29, 0.717) is 17.9 Å². The van der Waals surface area contributed by atoms with E-state index in [0.717, 1.165) is 11.0 Å². The number of hydrogen-bond acceptors (Lipinski definition) is 4. The molecule has 0 fully saturated rings. The highest BCUT2D eigenvalue weighted by Crippen LogP contribution is 2.19. The number of nitrogens with one attached hydrogen (secondary N) is 2. The van der Waals surface area contributed by atoms with Crippen molar-refractivity contribution >= 4 is 52.5 Å². The van der Waals surface area contributed by atoms with E-state index in [-0.39, 0.29) is 30.7 Å². The second-order valence-corrected chi connectivity index (χ2v) is 4.69. The summed E-state index contributed by atoms with van der Waals surface area (Å²) in [6.45, 7) is 1.33. The van der Waals surface area contributed by atoms with Crippen molar-refractivity contribution in [2.24, 2.45) is 0 Å². The van der Waals surface area contributed by atoms with E-state index in [9.17, 15) is 4.79 Å². The standard InChI is InChI=1S/C11H17BrN4O.2ClH/c1-13-4-5-14-11(17)9-6-8(12)7-15-10(9)16(2)3;;/h6-7,13H,4-5H2,1-3H3,(H,14,17);2*1H. The molecule has 0 spiro atoms. The van der Waals surface area contributed by atoms with Crippen LogP contribution in [-0.4, -0.2) is 45.1 Å². The zero-order valence-corrected chi connectivity index (χ0v) is 14.3. The first-order valence-corrected chi connectivity index (χ1v) is 6.11. The SMILES string of the molecule is CNCCNC(=O)c1cc(Br)cnc1N(C)C.Cl.Cl. The first-order chi connectivity index (χ1) is 8.06. The first kappa shape index (κ1) is 20.8. The summed E-state index contributed by atoms with van der Waals surface area (Å²) in [5.41, 5.74) is 0.570. The molecule has 19 heavy (non-hydrogen) atoms. The largest absolute Gasteiger partial charge is 0.362 e. The molecule has 1 amide bonds. The Morgan fingerprint density at radius 3 is 2.53 bits per heavy atom. The molecule has 110 valence electrons. The van der Waals surface area contributed by atoms with Crippen molar-refractivity contribution in [2.45, 2.75) is 0 Å². The lowest BCUT2D eigenvalue weighted by atomic mass is 10.2. The second-order valence-electron chi connectivity index (χ2n) is 3.78. The Kier molecular flexibility index (Phi) is 11.2. The minimum atomic E-state index is -0.113. The molecular formula is C11H19BrCl2N4O. The van der Waals surface area contributed by atoms with Gasteiger partial charge < -0.3 is 15.5 Å². The second kappa shape index (κ2) is 10.3. The fraction of sp³-hybridized carbons (Fsp3) is 0.455. The highest BCUT2D eigenvalue weighted by molar-refractivity contribution is 9.10. The van der Waals surface area contributed by atoms with Crippen LogP contribution in [0.25, 0.3) is 0 Å². The van der Waals surface area contributed by atoms with E-state index in [1.54, 1.807) is 12.3 Å².